The first-order chi connectivity index (χ1) is 11.1. The second kappa shape index (κ2) is 6.22. The number of aryl methyl sites for hydroxylation is 1. The molecule has 1 aliphatic heterocycles. The molecule has 23 heavy (non-hydrogen) atoms. The Morgan fingerprint density at radius 2 is 2.00 bits per heavy atom. The summed E-state index contributed by atoms with van der Waals surface area (Å²) >= 11 is 5.30. The van der Waals surface area contributed by atoms with Crippen LogP contribution in [0.25, 0.3) is 6.08 Å². The van der Waals surface area contributed by atoms with Gasteiger partial charge in [0.15, 0.2) is 5.11 Å². The highest BCUT2D eigenvalue weighted by molar-refractivity contribution is 7.80. The van der Waals surface area contributed by atoms with Crippen LogP contribution in [0.3, 0.4) is 0 Å². The number of amides is 1. The van der Waals surface area contributed by atoms with E-state index in [1.54, 1.807) is 24.3 Å². The molecule has 2 aromatic rings. The number of phenolic OH excluding ortho intramolecular Hbond substituents is 1. The molecule has 0 aliphatic carbocycles. The predicted octanol–water partition coefficient (Wildman–Crippen LogP) is 3.22. The lowest BCUT2D eigenvalue weighted by Gasteiger charge is -2.14. The van der Waals surface area contributed by atoms with Crippen LogP contribution in [0.5, 0.6) is 5.75 Å². The molecule has 0 bridgehead atoms. The van der Waals surface area contributed by atoms with Crippen molar-refractivity contribution in [2.75, 3.05) is 4.90 Å². The monoisotopic (exact) mass is 324 g/mol. The Bertz CT molecular complexity index is 814. The van der Waals surface area contributed by atoms with Crippen molar-refractivity contribution >= 4 is 35.0 Å². The maximum Gasteiger partial charge on any atom is 0.281 e. The van der Waals surface area contributed by atoms with Crippen molar-refractivity contribution in [3.8, 4) is 5.75 Å². The zero-order valence-electron chi connectivity index (χ0n) is 12.6. The molecule has 4 nitrogen and oxygen atoms in total. The van der Waals surface area contributed by atoms with Crippen LogP contribution in [0, 0.1) is 0 Å². The second-order valence-electron chi connectivity index (χ2n) is 5.25. The van der Waals surface area contributed by atoms with Crippen molar-refractivity contribution in [3.05, 3.63) is 65.4 Å². The number of carbonyl (C=O) groups is 1. The van der Waals surface area contributed by atoms with Crippen LogP contribution in [0.2, 0.25) is 0 Å². The van der Waals surface area contributed by atoms with Gasteiger partial charge in [-0.15, -0.1) is 0 Å². The fourth-order valence-corrected chi connectivity index (χ4v) is 2.76. The molecule has 1 saturated heterocycles. The van der Waals surface area contributed by atoms with Gasteiger partial charge in [0.2, 0.25) is 0 Å². The summed E-state index contributed by atoms with van der Waals surface area (Å²) in [5.41, 5.74) is 3.02. The Kier molecular flexibility index (Phi) is 4.12. The largest absolute Gasteiger partial charge is 0.508 e. The van der Waals surface area contributed by atoms with E-state index in [1.165, 1.54) is 4.90 Å². The van der Waals surface area contributed by atoms with E-state index in [9.17, 15) is 9.90 Å². The van der Waals surface area contributed by atoms with Gasteiger partial charge in [0.05, 0.1) is 5.69 Å². The lowest BCUT2D eigenvalue weighted by atomic mass is 10.1. The fourth-order valence-electron chi connectivity index (χ4n) is 2.47. The summed E-state index contributed by atoms with van der Waals surface area (Å²) in [4.78, 5) is 14.1. The standard InChI is InChI=1S/C18H16N2O2S/c1-2-12-5-3-7-14(9-12)20-17(22)16(19-18(20)23)11-13-6-4-8-15(21)10-13/h3-11,21H,2H2,1H3,(H,19,23)/b16-11+. The van der Waals surface area contributed by atoms with E-state index >= 15 is 0 Å². The Balaban J connectivity index is 1.93. The summed E-state index contributed by atoms with van der Waals surface area (Å²) in [6.07, 6.45) is 2.57. The fraction of sp³-hybridized carbons (Fsp3) is 0.111. The number of nitrogens with zero attached hydrogens (tertiary/aromatic N) is 1. The van der Waals surface area contributed by atoms with E-state index in [0.717, 1.165) is 23.2 Å². The number of thiocarbonyl (C=S) groups is 1. The average molecular weight is 324 g/mol. The van der Waals surface area contributed by atoms with Crippen LogP contribution < -0.4 is 10.2 Å². The maximum absolute atomic E-state index is 12.7. The molecule has 116 valence electrons. The van der Waals surface area contributed by atoms with Gasteiger partial charge in [-0.1, -0.05) is 31.2 Å². The Morgan fingerprint density at radius 3 is 2.74 bits per heavy atom. The maximum atomic E-state index is 12.7. The molecule has 0 spiro atoms. The number of carbonyl (C=O) groups excluding carboxylic acids is 1. The highest BCUT2D eigenvalue weighted by Gasteiger charge is 2.31. The van der Waals surface area contributed by atoms with Crippen LogP contribution >= 0.6 is 12.2 Å². The number of benzene rings is 2. The Morgan fingerprint density at radius 1 is 1.22 bits per heavy atom. The molecular weight excluding hydrogens is 308 g/mol. The van der Waals surface area contributed by atoms with Crippen molar-refractivity contribution in [1.82, 2.24) is 5.32 Å². The number of rotatable bonds is 3. The molecule has 1 aliphatic rings. The van der Waals surface area contributed by atoms with Gasteiger partial charge >= 0.3 is 0 Å². The van der Waals surface area contributed by atoms with E-state index in [1.807, 2.05) is 30.3 Å². The van der Waals surface area contributed by atoms with Crippen molar-refractivity contribution in [3.63, 3.8) is 0 Å². The zero-order valence-corrected chi connectivity index (χ0v) is 13.4. The summed E-state index contributed by atoms with van der Waals surface area (Å²) < 4.78 is 0. The van der Waals surface area contributed by atoms with Crippen LogP contribution in [-0.2, 0) is 11.2 Å². The van der Waals surface area contributed by atoms with Gasteiger partial charge in [0, 0.05) is 0 Å². The summed E-state index contributed by atoms with van der Waals surface area (Å²) in [6.45, 7) is 2.06. The Hall–Kier alpha value is -2.66. The van der Waals surface area contributed by atoms with Gasteiger partial charge in [-0.25, -0.2) is 0 Å². The quantitative estimate of drug-likeness (QED) is 0.672. The molecular formula is C18H16N2O2S. The Labute approximate surface area is 140 Å². The average Bonchev–Trinajstić information content (AvgIpc) is 2.81. The van der Waals surface area contributed by atoms with Crippen LogP contribution in [0.15, 0.2) is 54.2 Å². The van der Waals surface area contributed by atoms with E-state index in [2.05, 4.69) is 12.2 Å². The molecule has 5 heteroatoms. The topological polar surface area (TPSA) is 52.6 Å². The lowest BCUT2D eigenvalue weighted by molar-refractivity contribution is -0.113. The van der Waals surface area contributed by atoms with Gasteiger partial charge in [-0.3, -0.25) is 9.69 Å². The number of aromatic hydroxyl groups is 1. The first-order valence-corrected chi connectivity index (χ1v) is 7.74. The molecule has 0 unspecified atom stereocenters. The lowest BCUT2D eigenvalue weighted by Crippen LogP contribution is -2.30. The highest BCUT2D eigenvalue weighted by atomic mass is 32.1. The third-order valence-electron chi connectivity index (χ3n) is 3.64. The smallest absolute Gasteiger partial charge is 0.281 e. The van der Waals surface area contributed by atoms with Gasteiger partial charge in [-0.2, -0.15) is 0 Å². The van der Waals surface area contributed by atoms with E-state index in [-0.39, 0.29) is 11.7 Å². The van der Waals surface area contributed by atoms with E-state index in [0.29, 0.717) is 10.8 Å². The van der Waals surface area contributed by atoms with E-state index < -0.39 is 0 Å². The molecule has 0 radical (unpaired) electrons. The summed E-state index contributed by atoms with van der Waals surface area (Å²) in [5.74, 6) is -0.0496. The van der Waals surface area contributed by atoms with Gasteiger partial charge in [-0.05, 0) is 60.1 Å². The molecule has 1 amide bonds. The van der Waals surface area contributed by atoms with Crippen LogP contribution in [0.4, 0.5) is 5.69 Å². The zero-order chi connectivity index (χ0) is 16.4. The van der Waals surface area contributed by atoms with E-state index in [4.69, 9.17) is 12.2 Å². The third-order valence-corrected chi connectivity index (χ3v) is 3.92. The SMILES string of the molecule is CCc1cccc(N2C(=O)/C(=C\c3cccc(O)c3)NC2=S)c1. The summed E-state index contributed by atoms with van der Waals surface area (Å²) in [6, 6.07) is 14.5. The minimum Gasteiger partial charge on any atom is -0.508 e. The van der Waals surface area contributed by atoms with Gasteiger partial charge in [0.25, 0.3) is 5.91 Å². The minimum atomic E-state index is -0.202. The first-order valence-electron chi connectivity index (χ1n) is 7.33. The molecule has 0 atom stereocenters. The molecule has 1 fully saturated rings. The normalized spacial score (nSPS) is 16.0. The molecule has 3 rings (SSSR count). The van der Waals surface area contributed by atoms with Crippen molar-refractivity contribution < 1.29 is 9.90 Å². The number of anilines is 1. The number of hydrogen-bond acceptors (Lipinski definition) is 3. The minimum absolute atomic E-state index is 0.153. The van der Waals surface area contributed by atoms with Crippen LogP contribution in [0.1, 0.15) is 18.1 Å². The molecule has 2 aromatic carbocycles. The number of phenols is 1. The van der Waals surface area contributed by atoms with Crippen molar-refractivity contribution in [2.24, 2.45) is 0 Å². The van der Waals surface area contributed by atoms with Gasteiger partial charge in [0.1, 0.15) is 11.4 Å². The summed E-state index contributed by atoms with van der Waals surface area (Å²) in [5, 5.41) is 12.8. The highest BCUT2D eigenvalue weighted by Crippen LogP contribution is 2.24. The molecule has 1 heterocycles. The van der Waals surface area contributed by atoms with Crippen molar-refractivity contribution in [1.29, 1.82) is 0 Å². The summed E-state index contributed by atoms with van der Waals surface area (Å²) in [7, 11) is 0. The molecule has 2 N–H and O–H groups in total. The van der Waals surface area contributed by atoms with Crippen LogP contribution in [-0.4, -0.2) is 16.1 Å². The van der Waals surface area contributed by atoms with Crippen molar-refractivity contribution in [2.45, 2.75) is 13.3 Å². The first kappa shape index (κ1) is 15.2. The molecule has 0 aromatic heterocycles. The van der Waals surface area contributed by atoms with Gasteiger partial charge < -0.3 is 10.4 Å². The number of hydrogen-bond donors (Lipinski definition) is 2. The second-order valence-corrected chi connectivity index (χ2v) is 5.63. The molecule has 0 saturated carbocycles. The third kappa shape index (κ3) is 3.10. The number of nitrogens with one attached hydrogen (secondary N) is 1. The predicted molar refractivity (Wildman–Crippen MR) is 95.1 cm³/mol.